The lowest BCUT2D eigenvalue weighted by atomic mass is 10.0. The normalized spacial score (nSPS) is 17.0. The summed E-state index contributed by atoms with van der Waals surface area (Å²) in [7, 11) is 0. The van der Waals surface area contributed by atoms with Crippen LogP contribution in [-0.2, 0) is 4.79 Å². The number of benzene rings is 1. The standard InChI is InChI=1S/C18H26FNO3/c1-11(2)16(21)9-18(22)20-12(3)14-6-7-17(15(19)8-14)23-10-13-4-5-13/h6-8,11-13,16,21H,4-5,9-10H2,1-3H3,(H,20,22). The average Bonchev–Trinajstić information content (AvgIpc) is 3.29. The zero-order chi connectivity index (χ0) is 17.0. The number of rotatable bonds is 8. The number of carbonyl (C=O) groups is 1. The number of aliphatic hydroxyl groups excluding tert-OH is 1. The van der Waals surface area contributed by atoms with E-state index in [4.69, 9.17) is 4.74 Å². The van der Waals surface area contributed by atoms with E-state index >= 15 is 0 Å². The summed E-state index contributed by atoms with van der Waals surface area (Å²) < 4.78 is 19.5. The van der Waals surface area contributed by atoms with Crippen LogP contribution in [0.1, 0.15) is 51.6 Å². The third-order valence-electron chi connectivity index (χ3n) is 4.17. The Morgan fingerprint density at radius 1 is 1.39 bits per heavy atom. The molecule has 1 aliphatic carbocycles. The topological polar surface area (TPSA) is 58.6 Å². The van der Waals surface area contributed by atoms with Gasteiger partial charge in [0, 0.05) is 0 Å². The number of ether oxygens (including phenoxy) is 1. The quantitative estimate of drug-likeness (QED) is 0.772. The first-order chi connectivity index (χ1) is 10.9. The van der Waals surface area contributed by atoms with Crippen molar-refractivity contribution in [2.24, 2.45) is 11.8 Å². The minimum Gasteiger partial charge on any atom is -0.490 e. The minimum atomic E-state index is -0.669. The molecule has 0 heterocycles. The Hall–Kier alpha value is -1.62. The van der Waals surface area contributed by atoms with Gasteiger partial charge in [-0.15, -0.1) is 0 Å². The van der Waals surface area contributed by atoms with Crippen LogP contribution in [0.5, 0.6) is 5.75 Å². The van der Waals surface area contributed by atoms with Crippen LogP contribution < -0.4 is 10.1 Å². The summed E-state index contributed by atoms with van der Waals surface area (Å²) in [6, 6.07) is 4.44. The van der Waals surface area contributed by atoms with E-state index < -0.39 is 11.9 Å². The summed E-state index contributed by atoms with van der Waals surface area (Å²) in [6.45, 7) is 6.07. The fourth-order valence-electron chi connectivity index (χ4n) is 2.21. The first-order valence-electron chi connectivity index (χ1n) is 8.26. The Morgan fingerprint density at radius 2 is 2.09 bits per heavy atom. The molecule has 5 heteroatoms. The first kappa shape index (κ1) is 17.7. The van der Waals surface area contributed by atoms with E-state index in [1.165, 1.54) is 6.07 Å². The van der Waals surface area contributed by atoms with Crippen molar-refractivity contribution in [3.05, 3.63) is 29.6 Å². The molecule has 0 aromatic heterocycles. The monoisotopic (exact) mass is 323 g/mol. The van der Waals surface area contributed by atoms with Gasteiger partial charge in [-0.25, -0.2) is 4.39 Å². The smallest absolute Gasteiger partial charge is 0.223 e. The molecular weight excluding hydrogens is 297 g/mol. The van der Waals surface area contributed by atoms with Crippen LogP contribution in [0.25, 0.3) is 0 Å². The molecule has 1 aliphatic rings. The van der Waals surface area contributed by atoms with Crippen LogP contribution >= 0.6 is 0 Å². The SMILES string of the molecule is CC(NC(=O)CC(O)C(C)C)c1ccc(OCC2CC2)c(F)c1. The number of hydrogen-bond acceptors (Lipinski definition) is 3. The molecule has 1 amide bonds. The van der Waals surface area contributed by atoms with Gasteiger partial charge in [0.05, 0.1) is 25.2 Å². The van der Waals surface area contributed by atoms with Gasteiger partial charge in [0.15, 0.2) is 11.6 Å². The molecule has 1 aromatic carbocycles. The highest BCUT2D eigenvalue weighted by atomic mass is 19.1. The van der Waals surface area contributed by atoms with E-state index in [1.807, 2.05) is 13.8 Å². The summed E-state index contributed by atoms with van der Waals surface area (Å²) in [4.78, 5) is 11.9. The molecule has 23 heavy (non-hydrogen) atoms. The fraction of sp³-hybridized carbons (Fsp3) is 0.611. The second kappa shape index (κ2) is 7.77. The number of hydrogen-bond donors (Lipinski definition) is 2. The lowest BCUT2D eigenvalue weighted by Crippen LogP contribution is -2.31. The summed E-state index contributed by atoms with van der Waals surface area (Å²) in [5.41, 5.74) is 0.675. The third-order valence-corrected chi connectivity index (χ3v) is 4.17. The van der Waals surface area contributed by atoms with Crippen LogP contribution in [0.4, 0.5) is 4.39 Å². The molecule has 0 aliphatic heterocycles. The molecular formula is C18H26FNO3. The lowest BCUT2D eigenvalue weighted by molar-refractivity contribution is -0.124. The van der Waals surface area contributed by atoms with Gasteiger partial charge >= 0.3 is 0 Å². The zero-order valence-corrected chi connectivity index (χ0v) is 14.0. The van der Waals surface area contributed by atoms with Crippen LogP contribution in [0.15, 0.2) is 18.2 Å². The van der Waals surface area contributed by atoms with E-state index in [-0.39, 0.29) is 30.0 Å². The van der Waals surface area contributed by atoms with Gasteiger partial charge < -0.3 is 15.2 Å². The molecule has 0 spiro atoms. The molecule has 1 saturated carbocycles. The Morgan fingerprint density at radius 3 is 2.65 bits per heavy atom. The maximum atomic E-state index is 14.1. The Labute approximate surface area is 137 Å². The molecule has 0 bridgehead atoms. The van der Waals surface area contributed by atoms with Crippen molar-refractivity contribution in [3.8, 4) is 5.75 Å². The molecule has 2 rings (SSSR count). The molecule has 2 unspecified atom stereocenters. The predicted octanol–water partition coefficient (Wildman–Crippen LogP) is 3.20. The summed E-state index contributed by atoms with van der Waals surface area (Å²) >= 11 is 0. The van der Waals surface area contributed by atoms with Gasteiger partial charge in [0.2, 0.25) is 5.91 Å². The molecule has 2 atom stereocenters. The van der Waals surface area contributed by atoms with Gasteiger partial charge in [-0.05, 0) is 49.3 Å². The molecule has 128 valence electrons. The number of aliphatic hydroxyl groups is 1. The van der Waals surface area contributed by atoms with Crippen molar-refractivity contribution in [3.63, 3.8) is 0 Å². The van der Waals surface area contributed by atoms with Gasteiger partial charge in [-0.3, -0.25) is 4.79 Å². The van der Waals surface area contributed by atoms with Crippen molar-refractivity contribution in [1.82, 2.24) is 5.32 Å². The third kappa shape index (κ3) is 5.50. The molecule has 1 fully saturated rings. The van der Waals surface area contributed by atoms with Gasteiger partial charge in [-0.2, -0.15) is 0 Å². The maximum Gasteiger partial charge on any atom is 0.223 e. The molecule has 0 radical (unpaired) electrons. The van der Waals surface area contributed by atoms with Crippen LogP contribution in [0.3, 0.4) is 0 Å². The van der Waals surface area contributed by atoms with Crippen molar-refractivity contribution in [2.45, 2.75) is 52.2 Å². The minimum absolute atomic E-state index is 0.0244. The number of carbonyl (C=O) groups excluding carboxylic acids is 1. The highest BCUT2D eigenvalue weighted by molar-refractivity contribution is 5.76. The fourth-order valence-corrected chi connectivity index (χ4v) is 2.21. The highest BCUT2D eigenvalue weighted by Gasteiger charge is 2.23. The average molecular weight is 323 g/mol. The molecule has 4 nitrogen and oxygen atoms in total. The summed E-state index contributed by atoms with van der Waals surface area (Å²) in [5.74, 6) is 0.199. The van der Waals surface area contributed by atoms with Crippen molar-refractivity contribution >= 4 is 5.91 Å². The molecule has 1 aromatic rings. The van der Waals surface area contributed by atoms with Crippen LogP contribution in [0.2, 0.25) is 0 Å². The lowest BCUT2D eigenvalue weighted by Gasteiger charge is -2.18. The number of amides is 1. The van der Waals surface area contributed by atoms with Crippen molar-refractivity contribution < 1.29 is 19.0 Å². The van der Waals surface area contributed by atoms with Crippen LogP contribution in [-0.4, -0.2) is 23.7 Å². The number of nitrogens with one attached hydrogen (secondary N) is 1. The highest BCUT2D eigenvalue weighted by Crippen LogP contribution is 2.30. The molecule has 0 saturated heterocycles. The summed E-state index contributed by atoms with van der Waals surface area (Å²) in [5, 5.41) is 12.5. The maximum absolute atomic E-state index is 14.1. The van der Waals surface area contributed by atoms with Gasteiger partial charge in [0.1, 0.15) is 0 Å². The Balaban J connectivity index is 1.89. The Kier molecular flexibility index (Phi) is 5.99. The Bertz CT molecular complexity index is 543. The van der Waals surface area contributed by atoms with Crippen molar-refractivity contribution in [1.29, 1.82) is 0 Å². The number of halogens is 1. The first-order valence-corrected chi connectivity index (χ1v) is 8.26. The van der Waals surface area contributed by atoms with E-state index in [2.05, 4.69) is 5.32 Å². The van der Waals surface area contributed by atoms with Gasteiger partial charge in [-0.1, -0.05) is 19.9 Å². The molecule has 2 N–H and O–H groups in total. The van der Waals surface area contributed by atoms with E-state index in [0.717, 1.165) is 12.8 Å². The van der Waals surface area contributed by atoms with Crippen molar-refractivity contribution in [2.75, 3.05) is 6.61 Å². The van der Waals surface area contributed by atoms with E-state index in [9.17, 15) is 14.3 Å². The summed E-state index contributed by atoms with van der Waals surface area (Å²) in [6.07, 6.45) is 1.69. The second-order valence-corrected chi connectivity index (χ2v) is 6.75. The van der Waals surface area contributed by atoms with Gasteiger partial charge in [0.25, 0.3) is 0 Å². The van der Waals surface area contributed by atoms with E-state index in [1.54, 1.807) is 19.1 Å². The second-order valence-electron chi connectivity index (χ2n) is 6.75. The largest absolute Gasteiger partial charge is 0.490 e. The zero-order valence-electron chi connectivity index (χ0n) is 14.0. The predicted molar refractivity (Wildman–Crippen MR) is 86.6 cm³/mol. The van der Waals surface area contributed by atoms with Crippen LogP contribution in [0, 0.1) is 17.7 Å². The van der Waals surface area contributed by atoms with E-state index in [0.29, 0.717) is 18.1 Å².